The van der Waals surface area contributed by atoms with E-state index in [2.05, 4.69) is 22.5 Å². The third kappa shape index (κ3) is 4.07. The van der Waals surface area contributed by atoms with Crippen molar-refractivity contribution >= 4 is 15.9 Å². The number of aliphatic hydroxyl groups excluding tert-OH is 1. The first kappa shape index (κ1) is 11.5. The zero-order valence-corrected chi connectivity index (χ0v) is 9.92. The number of benzene rings is 1. The van der Waals surface area contributed by atoms with E-state index in [4.69, 9.17) is 0 Å². The third-order valence-corrected chi connectivity index (χ3v) is 2.50. The zero-order valence-electron chi connectivity index (χ0n) is 8.33. The molecule has 0 amide bonds. The molecule has 1 unspecified atom stereocenters. The van der Waals surface area contributed by atoms with E-state index in [0.29, 0.717) is 12.8 Å². The molecule has 0 aliphatic heterocycles. The predicted molar refractivity (Wildman–Crippen MR) is 63.3 cm³/mol. The fourth-order valence-corrected chi connectivity index (χ4v) is 1.63. The van der Waals surface area contributed by atoms with Crippen molar-refractivity contribution in [1.29, 1.82) is 0 Å². The van der Waals surface area contributed by atoms with Gasteiger partial charge in [-0.1, -0.05) is 33.6 Å². The number of rotatable bonds is 4. The molecular formula is C12H15BrO. The van der Waals surface area contributed by atoms with Gasteiger partial charge in [0.2, 0.25) is 0 Å². The summed E-state index contributed by atoms with van der Waals surface area (Å²) in [6.07, 6.45) is 1.06. The van der Waals surface area contributed by atoms with Crippen molar-refractivity contribution in [2.24, 2.45) is 0 Å². The molecule has 14 heavy (non-hydrogen) atoms. The fourth-order valence-electron chi connectivity index (χ4n) is 1.37. The second-order valence-corrected chi connectivity index (χ2v) is 4.56. The molecule has 1 rings (SSSR count). The van der Waals surface area contributed by atoms with Gasteiger partial charge >= 0.3 is 0 Å². The summed E-state index contributed by atoms with van der Waals surface area (Å²) in [7, 11) is 0. The number of halogens is 1. The summed E-state index contributed by atoms with van der Waals surface area (Å²) in [6, 6.07) is 8.02. The Labute approximate surface area is 93.6 Å². The van der Waals surface area contributed by atoms with Crippen LogP contribution in [0.25, 0.3) is 0 Å². The first-order valence-electron chi connectivity index (χ1n) is 4.65. The maximum Gasteiger partial charge on any atom is 0.0617 e. The summed E-state index contributed by atoms with van der Waals surface area (Å²) in [5.74, 6) is 0. The molecule has 0 spiro atoms. The van der Waals surface area contributed by atoms with Crippen LogP contribution in [0.2, 0.25) is 0 Å². The Morgan fingerprint density at radius 2 is 2.00 bits per heavy atom. The van der Waals surface area contributed by atoms with Gasteiger partial charge in [-0.05, 0) is 37.5 Å². The van der Waals surface area contributed by atoms with Gasteiger partial charge in [0.15, 0.2) is 0 Å². The summed E-state index contributed by atoms with van der Waals surface area (Å²) in [4.78, 5) is 0. The smallest absolute Gasteiger partial charge is 0.0617 e. The topological polar surface area (TPSA) is 20.2 Å². The molecule has 76 valence electrons. The molecule has 0 bridgehead atoms. The molecule has 0 aromatic heterocycles. The van der Waals surface area contributed by atoms with E-state index in [9.17, 15) is 5.11 Å². The van der Waals surface area contributed by atoms with E-state index < -0.39 is 0 Å². The molecule has 2 heteroatoms. The van der Waals surface area contributed by atoms with Gasteiger partial charge in [-0.15, -0.1) is 6.58 Å². The highest BCUT2D eigenvalue weighted by Gasteiger charge is 2.05. The Morgan fingerprint density at radius 1 is 1.43 bits per heavy atom. The van der Waals surface area contributed by atoms with Crippen molar-refractivity contribution in [3.63, 3.8) is 0 Å². The monoisotopic (exact) mass is 254 g/mol. The Hall–Kier alpha value is -0.600. The van der Waals surface area contributed by atoms with E-state index in [1.807, 2.05) is 31.2 Å². The van der Waals surface area contributed by atoms with Crippen molar-refractivity contribution in [3.8, 4) is 0 Å². The predicted octanol–water partition coefficient (Wildman–Crippen LogP) is 3.32. The van der Waals surface area contributed by atoms with Crippen LogP contribution in [0.3, 0.4) is 0 Å². The number of hydrogen-bond donors (Lipinski definition) is 1. The second-order valence-electron chi connectivity index (χ2n) is 3.65. The van der Waals surface area contributed by atoms with Crippen LogP contribution in [-0.4, -0.2) is 11.2 Å². The third-order valence-electron chi connectivity index (χ3n) is 1.97. The fraction of sp³-hybridized carbons (Fsp3) is 0.333. The lowest BCUT2D eigenvalue weighted by Gasteiger charge is -2.10. The molecule has 1 N–H and O–H groups in total. The van der Waals surface area contributed by atoms with Crippen LogP contribution in [0.1, 0.15) is 18.9 Å². The van der Waals surface area contributed by atoms with Gasteiger partial charge in [-0.25, -0.2) is 0 Å². The lowest BCUT2D eigenvalue weighted by molar-refractivity contribution is 0.175. The standard InChI is InChI=1S/C12H15BrO/c1-9(2)7-12(14)8-10-3-5-11(13)6-4-10/h3-6,12,14H,1,7-8H2,2H3. The van der Waals surface area contributed by atoms with E-state index >= 15 is 0 Å². The molecule has 1 aromatic carbocycles. The first-order valence-corrected chi connectivity index (χ1v) is 5.44. The van der Waals surface area contributed by atoms with Crippen LogP contribution >= 0.6 is 15.9 Å². The molecule has 0 heterocycles. The molecule has 0 fully saturated rings. The molecule has 0 saturated carbocycles. The molecule has 1 aromatic rings. The minimum atomic E-state index is -0.311. The minimum absolute atomic E-state index is 0.311. The zero-order chi connectivity index (χ0) is 10.6. The average molecular weight is 255 g/mol. The van der Waals surface area contributed by atoms with Crippen LogP contribution in [-0.2, 0) is 6.42 Å². The SMILES string of the molecule is C=C(C)CC(O)Cc1ccc(Br)cc1. The highest BCUT2D eigenvalue weighted by molar-refractivity contribution is 9.10. The molecule has 0 aliphatic rings. The largest absolute Gasteiger partial charge is 0.392 e. The highest BCUT2D eigenvalue weighted by atomic mass is 79.9. The van der Waals surface area contributed by atoms with Crippen molar-refractivity contribution in [1.82, 2.24) is 0 Å². The first-order chi connectivity index (χ1) is 6.58. The lowest BCUT2D eigenvalue weighted by atomic mass is 10.0. The lowest BCUT2D eigenvalue weighted by Crippen LogP contribution is -2.10. The van der Waals surface area contributed by atoms with Gasteiger partial charge in [0.05, 0.1) is 6.10 Å². The van der Waals surface area contributed by atoms with Crippen molar-refractivity contribution in [2.45, 2.75) is 25.9 Å². The molecule has 0 radical (unpaired) electrons. The van der Waals surface area contributed by atoms with E-state index in [-0.39, 0.29) is 6.10 Å². The Morgan fingerprint density at radius 3 is 2.50 bits per heavy atom. The normalized spacial score (nSPS) is 12.5. The van der Waals surface area contributed by atoms with E-state index in [1.54, 1.807) is 0 Å². The summed E-state index contributed by atoms with van der Waals surface area (Å²) < 4.78 is 1.07. The van der Waals surface area contributed by atoms with Crippen LogP contribution < -0.4 is 0 Å². The summed E-state index contributed by atoms with van der Waals surface area (Å²) >= 11 is 3.38. The summed E-state index contributed by atoms with van der Waals surface area (Å²) in [6.45, 7) is 5.72. The van der Waals surface area contributed by atoms with Gasteiger partial charge in [0, 0.05) is 4.47 Å². The molecule has 0 aliphatic carbocycles. The van der Waals surface area contributed by atoms with Crippen molar-refractivity contribution in [3.05, 3.63) is 46.5 Å². The summed E-state index contributed by atoms with van der Waals surface area (Å²) in [5, 5.41) is 9.67. The van der Waals surface area contributed by atoms with Gasteiger partial charge in [0.25, 0.3) is 0 Å². The molecular weight excluding hydrogens is 240 g/mol. The van der Waals surface area contributed by atoms with Crippen molar-refractivity contribution in [2.75, 3.05) is 0 Å². The molecule has 1 atom stereocenters. The quantitative estimate of drug-likeness (QED) is 0.818. The summed E-state index contributed by atoms with van der Waals surface area (Å²) in [5.41, 5.74) is 2.18. The second kappa shape index (κ2) is 5.32. The van der Waals surface area contributed by atoms with Crippen LogP contribution in [0.4, 0.5) is 0 Å². The molecule has 1 nitrogen and oxygen atoms in total. The van der Waals surface area contributed by atoms with Gasteiger partial charge < -0.3 is 5.11 Å². The number of hydrogen-bond acceptors (Lipinski definition) is 1. The Balaban J connectivity index is 2.51. The van der Waals surface area contributed by atoms with Gasteiger partial charge in [0.1, 0.15) is 0 Å². The van der Waals surface area contributed by atoms with E-state index in [1.165, 1.54) is 0 Å². The average Bonchev–Trinajstić information content (AvgIpc) is 2.07. The Kier molecular flexibility index (Phi) is 4.36. The highest BCUT2D eigenvalue weighted by Crippen LogP contribution is 2.13. The van der Waals surface area contributed by atoms with Crippen LogP contribution in [0, 0.1) is 0 Å². The van der Waals surface area contributed by atoms with E-state index in [0.717, 1.165) is 15.6 Å². The van der Waals surface area contributed by atoms with Gasteiger partial charge in [-0.2, -0.15) is 0 Å². The maximum atomic E-state index is 9.67. The van der Waals surface area contributed by atoms with Gasteiger partial charge in [-0.3, -0.25) is 0 Å². The van der Waals surface area contributed by atoms with Crippen LogP contribution in [0.5, 0.6) is 0 Å². The van der Waals surface area contributed by atoms with Crippen LogP contribution in [0.15, 0.2) is 40.9 Å². The molecule has 0 saturated heterocycles. The minimum Gasteiger partial charge on any atom is -0.392 e. The van der Waals surface area contributed by atoms with Crippen molar-refractivity contribution < 1.29 is 5.11 Å². The Bertz CT molecular complexity index is 303. The number of aliphatic hydroxyl groups is 1. The maximum absolute atomic E-state index is 9.67.